The molecule has 0 atom stereocenters. The van der Waals surface area contributed by atoms with Gasteiger partial charge >= 0.3 is 0 Å². The van der Waals surface area contributed by atoms with E-state index in [1.807, 2.05) is 47.8 Å². The molecule has 1 aromatic heterocycles. The van der Waals surface area contributed by atoms with Crippen LogP contribution >= 0.6 is 23.1 Å². The highest BCUT2D eigenvalue weighted by Gasteiger charge is 2.34. The topological polar surface area (TPSA) is 37.4 Å². The maximum absolute atomic E-state index is 12.3. The Morgan fingerprint density at radius 1 is 1.05 bits per heavy atom. The molecule has 1 aliphatic heterocycles. The minimum atomic E-state index is -0.211. The van der Waals surface area contributed by atoms with Gasteiger partial charge in [0.15, 0.2) is 0 Å². The number of amides is 2. The lowest BCUT2D eigenvalue weighted by Gasteiger charge is -2.11. The second-order valence-electron chi connectivity index (χ2n) is 4.27. The molecule has 100 valence electrons. The predicted octanol–water partition coefficient (Wildman–Crippen LogP) is 3.98. The number of hydrogen-bond donors (Lipinski definition) is 0. The Bertz CT molecular complexity index is 662. The van der Waals surface area contributed by atoms with Gasteiger partial charge in [0.05, 0.1) is 11.4 Å². The van der Waals surface area contributed by atoms with Crippen molar-refractivity contribution in [3.63, 3.8) is 0 Å². The molecule has 1 fully saturated rings. The Balaban J connectivity index is 1.81. The van der Waals surface area contributed by atoms with Gasteiger partial charge in [0.2, 0.25) is 0 Å². The third-order valence-corrected chi connectivity index (χ3v) is 4.60. The van der Waals surface area contributed by atoms with Gasteiger partial charge in [-0.15, -0.1) is 11.3 Å². The van der Waals surface area contributed by atoms with Crippen LogP contribution in [0.3, 0.4) is 0 Å². The van der Waals surface area contributed by atoms with Gasteiger partial charge in [-0.25, -0.2) is 0 Å². The zero-order valence-electron chi connectivity index (χ0n) is 10.5. The molecule has 0 aliphatic carbocycles. The highest BCUT2D eigenvalue weighted by Crippen LogP contribution is 2.33. The number of benzene rings is 1. The largest absolute Gasteiger partial charge is 0.293 e. The summed E-state index contributed by atoms with van der Waals surface area (Å²) >= 11 is 2.55. The van der Waals surface area contributed by atoms with E-state index in [4.69, 9.17) is 0 Å². The lowest BCUT2D eigenvalue weighted by Crippen LogP contribution is -2.27. The Hall–Kier alpha value is -1.85. The summed E-state index contributed by atoms with van der Waals surface area (Å²) in [4.78, 5) is 27.0. The summed E-state index contributed by atoms with van der Waals surface area (Å²) in [6.45, 7) is 0.327. The molecule has 0 unspecified atom stereocenters. The van der Waals surface area contributed by atoms with Gasteiger partial charge < -0.3 is 0 Å². The van der Waals surface area contributed by atoms with Crippen LogP contribution in [-0.2, 0) is 11.3 Å². The van der Waals surface area contributed by atoms with Gasteiger partial charge in [-0.3, -0.25) is 14.5 Å². The average Bonchev–Trinajstić information content (AvgIpc) is 3.05. The van der Waals surface area contributed by atoms with Crippen molar-refractivity contribution in [1.29, 1.82) is 0 Å². The Morgan fingerprint density at radius 2 is 1.85 bits per heavy atom. The van der Waals surface area contributed by atoms with E-state index in [0.717, 1.165) is 22.2 Å². The number of thiophene rings is 1. The molecular formula is C15H11NO2S2. The van der Waals surface area contributed by atoms with Gasteiger partial charge in [0.25, 0.3) is 11.1 Å². The molecule has 1 aromatic carbocycles. The molecule has 1 aliphatic rings. The maximum atomic E-state index is 12.3. The number of rotatable bonds is 3. The molecule has 0 saturated carbocycles. The fourth-order valence-corrected chi connectivity index (χ4v) is 3.47. The van der Waals surface area contributed by atoms with Crippen LogP contribution in [0.15, 0.2) is 52.7 Å². The number of hydrogen-bond acceptors (Lipinski definition) is 4. The maximum Gasteiger partial charge on any atom is 0.293 e. The summed E-state index contributed by atoms with van der Waals surface area (Å²) < 4.78 is 0. The fourth-order valence-electron chi connectivity index (χ4n) is 1.90. The van der Waals surface area contributed by atoms with Crippen LogP contribution < -0.4 is 0 Å². The first-order valence-corrected chi connectivity index (χ1v) is 7.76. The van der Waals surface area contributed by atoms with Gasteiger partial charge in [0, 0.05) is 4.88 Å². The van der Waals surface area contributed by atoms with Crippen molar-refractivity contribution in [2.45, 2.75) is 6.54 Å². The molecule has 0 spiro atoms. The first-order valence-electron chi connectivity index (χ1n) is 6.07. The first kappa shape index (κ1) is 13.1. The summed E-state index contributed by atoms with van der Waals surface area (Å²) in [5.74, 6) is -0.211. The lowest BCUT2D eigenvalue weighted by molar-refractivity contribution is -0.123. The zero-order valence-corrected chi connectivity index (χ0v) is 12.1. The molecule has 2 amide bonds. The van der Waals surface area contributed by atoms with Crippen molar-refractivity contribution in [3.05, 3.63) is 63.2 Å². The van der Waals surface area contributed by atoms with Gasteiger partial charge in [-0.05, 0) is 34.8 Å². The number of carbonyl (C=O) groups is 2. The van der Waals surface area contributed by atoms with Crippen molar-refractivity contribution < 1.29 is 9.59 Å². The lowest BCUT2D eigenvalue weighted by atomic mass is 10.2. The quantitative estimate of drug-likeness (QED) is 0.805. The van der Waals surface area contributed by atoms with E-state index in [9.17, 15) is 9.59 Å². The van der Waals surface area contributed by atoms with E-state index in [0.29, 0.717) is 11.4 Å². The summed E-state index contributed by atoms with van der Waals surface area (Å²) in [5.41, 5.74) is 0.951. The van der Waals surface area contributed by atoms with E-state index < -0.39 is 0 Å². The van der Waals surface area contributed by atoms with E-state index in [2.05, 4.69) is 0 Å². The SMILES string of the molecule is O=C1S/C(=C\c2cccs2)C(=O)N1Cc1ccccc1. The second-order valence-corrected chi connectivity index (χ2v) is 6.24. The van der Waals surface area contributed by atoms with Crippen LogP contribution in [0.2, 0.25) is 0 Å². The molecule has 0 N–H and O–H groups in total. The van der Waals surface area contributed by atoms with Gasteiger partial charge in [0.1, 0.15) is 0 Å². The van der Waals surface area contributed by atoms with Crippen LogP contribution in [0.1, 0.15) is 10.4 Å². The molecule has 5 heteroatoms. The molecule has 0 radical (unpaired) electrons. The molecule has 0 bridgehead atoms. The molecule has 2 heterocycles. The average molecular weight is 301 g/mol. The highest BCUT2D eigenvalue weighted by molar-refractivity contribution is 8.18. The molecule has 1 saturated heterocycles. The molecule has 2 aromatic rings. The van der Waals surface area contributed by atoms with E-state index >= 15 is 0 Å². The predicted molar refractivity (Wildman–Crippen MR) is 82.3 cm³/mol. The van der Waals surface area contributed by atoms with Crippen LogP contribution in [0.5, 0.6) is 0 Å². The number of thioether (sulfide) groups is 1. The summed E-state index contributed by atoms with van der Waals surface area (Å²) in [6, 6.07) is 13.4. The van der Waals surface area contributed by atoms with E-state index in [1.165, 1.54) is 4.90 Å². The van der Waals surface area contributed by atoms with Crippen LogP contribution in [0.4, 0.5) is 4.79 Å². The van der Waals surface area contributed by atoms with Crippen LogP contribution in [0, 0.1) is 0 Å². The van der Waals surface area contributed by atoms with Crippen LogP contribution in [0.25, 0.3) is 6.08 Å². The van der Waals surface area contributed by atoms with Crippen LogP contribution in [-0.4, -0.2) is 16.0 Å². The minimum Gasteiger partial charge on any atom is -0.268 e. The fraction of sp³-hybridized carbons (Fsp3) is 0.0667. The summed E-state index contributed by atoms with van der Waals surface area (Å²) in [6.07, 6.45) is 1.78. The van der Waals surface area contributed by atoms with Crippen molar-refractivity contribution in [1.82, 2.24) is 4.90 Å². The van der Waals surface area contributed by atoms with Crippen molar-refractivity contribution in [3.8, 4) is 0 Å². The van der Waals surface area contributed by atoms with Crippen molar-refractivity contribution in [2.75, 3.05) is 0 Å². The minimum absolute atomic E-state index is 0.207. The first-order chi connectivity index (χ1) is 9.74. The summed E-state index contributed by atoms with van der Waals surface area (Å²) in [5, 5.41) is 1.74. The smallest absolute Gasteiger partial charge is 0.268 e. The monoisotopic (exact) mass is 301 g/mol. The Labute approximate surface area is 124 Å². The number of imide groups is 1. The van der Waals surface area contributed by atoms with Gasteiger partial charge in [-0.1, -0.05) is 36.4 Å². The Kier molecular flexibility index (Phi) is 3.71. The normalized spacial score (nSPS) is 17.2. The second kappa shape index (κ2) is 5.64. The molecule has 3 nitrogen and oxygen atoms in total. The van der Waals surface area contributed by atoms with E-state index in [1.54, 1.807) is 17.4 Å². The third kappa shape index (κ3) is 2.69. The summed E-state index contributed by atoms with van der Waals surface area (Å²) in [7, 11) is 0. The standard InChI is InChI=1S/C15H11NO2S2/c17-14-13(9-12-7-4-8-19-12)20-15(18)16(14)10-11-5-2-1-3-6-11/h1-9H,10H2/b13-9-. The van der Waals surface area contributed by atoms with Crippen molar-refractivity contribution in [2.24, 2.45) is 0 Å². The van der Waals surface area contributed by atoms with E-state index in [-0.39, 0.29) is 11.1 Å². The zero-order chi connectivity index (χ0) is 13.9. The third-order valence-electron chi connectivity index (χ3n) is 2.87. The molecular weight excluding hydrogens is 290 g/mol. The van der Waals surface area contributed by atoms with Gasteiger partial charge in [-0.2, -0.15) is 0 Å². The highest BCUT2D eigenvalue weighted by atomic mass is 32.2. The Morgan fingerprint density at radius 3 is 2.55 bits per heavy atom. The van der Waals surface area contributed by atoms with Crippen molar-refractivity contribution >= 4 is 40.3 Å². The molecule has 20 heavy (non-hydrogen) atoms. The number of carbonyl (C=O) groups excluding carboxylic acids is 2. The number of nitrogens with zero attached hydrogens (tertiary/aromatic N) is 1. The molecule has 3 rings (SSSR count).